The van der Waals surface area contributed by atoms with Crippen LogP contribution in [0.2, 0.25) is 0 Å². The number of carbonyl (C=O) groups is 2. The number of hydrogen-bond donors (Lipinski definition) is 4. The number of aliphatic carboxylic acids is 1. The molecule has 19 heavy (non-hydrogen) atoms. The summed E-state index contributed by atoms with van der Waals surface area (Å²) in [5.74, 6) is 0.0766. The Hall–Kier alpha value is -1.30. The van der Waals surface area contributed by atoms with E-state index in [0.29, 0.717) is 12.5 Å². The van der Waals surface area contributed by atoms with Crippen LogP contribution >= 0.6 is 0 Å². The molecule has 1 aliphatic rings. The quantitative estimate of drug-likeness (QED) is 0.578. The number of hydrogen-bond acceptors (Lipinski definition) is 3. The Kier molecular flexibility index (Phi) is 6.62. The summed E-state index contributed by atoms with van der Waals surface area (Å²) in [6.07, 6.45) is 3.35. The van der Waals surface area contributed by atoms with Crippen molar-refractivity contribution in [1.82, 2.24) is 10.6 Å². The second kappa shape index (κ2) is 7.99. The van der Waals surface area contributed by atoms with Crippen LogP contribution in [0.4, 0.5) is 4.79 Å². The van der Waals surface area contributed by atoms with Gasteiger partial charge < -0.3 is 20.8 Å². The third-order valence-corrected chi connectivity index (χ3v) is 3.68. The van der Waals surface area contributed by atoms with Gasteiger partial charge in [0.2, 0.25) is 0 Å². The Labute approximate surface area is 113 Å². The van der Waals surface area contributed by atoms with Crippen LogP contribution in [0.5, 0.6) is 0 Å². The summed E-state index contributed by atoms with van der Waals surface area (Å²) in [6.45, 7) is 3.07. The Balaban J connectivity index is 2.06. The van der Waals surface area contributed by atoms with Gasteiger partial charge in [0, 0.05) is 19.5 Å². The number of urea groups is 1. The molecule has 0 aromatic heterocycles. The number of carboxylic acids is 1. The molecular formula is C13H24N2O4. The Morgan fingerprint density at radius 3 is 2.42 bits per heavy atom. The van der Waals surface area contributed by atoms with Crippen molar-refractivity contribution in [2.24, 2.45) is 11.8 Å². The smallest absolute Gasteiger partial charge is 0.332 e. The second-order valence-electron chi connectivity index (χ2n) is 5.41. The van der Waals surface area contributed by atoms with E-state index in [1.807, 2.05) is 0 Å². The van der Waals surface area contributed by atoms with E-state index in [9.17, 15) is 9.59 Å². The van der Waals surface area contributed by atoms with Gasteiger partial charge >= 0.3 is 12.0 Å². The molecule has 0 aromatic carbocycles. The van der Waals surface area contributed by atoms with E-state index in [-0.39, 0.29) is 19.0 Å². The predicted molar refractivity (Wildman–Crippen MR) is 70.8 cm³/mol. The van der Waals surface area contributed by atoms with Crippen molar-refractivity contribution in [2.75, 3.05) is 13.1 Å². The lowest BCUT2D eigenvalue weighted by Crippen LogP contribution is -2.40. The van der Waals surface area contributed by atoms with Gasteiger partial charge in [-0.1, -0.05) is 19.8 Å². The highest BCUT2D eigenvalue weighted by Crippen LogP contribution is 2.27. The van der Waals surface area contributed by atoms with Gasteiger partial charge in [-0.2, -0.15) is 0 Å². The van der Waals surface area contributed by atoms with E-state index in [1.54, 1.807) is 0 Å². The number of nitrogens with one attached hydrogen (secondary N) is 2. The summed E-state index contributed by atoms with van der Waals surface area (Å²) >= 11 is 0. The van der Waals surface area contributed by atoms with Gasteiger partial charge in [0.15, 0.2) is 6.10 Å². The fourth-order valence-electron chi connectivity index (χ4n) is 2.28. The van der Waals surface area contributed by atoms with Gasteiger partial charge in [-0.25, -0.2) is 9.59 Å². The maximum atomic E-state index is 11.5. The summed E-state index contributed by atoms with van der Waals surface area (Å²) < 4.78 is 0. The van der Waals surface area contributed by atoms with E-state index < -0.39 is 12.1 Å². The van der Waals surface area contributed by atoms with Gasteiger partial charge in [0.05, 0.1) is 0 Å². The van der Waals surface area contributed by atoms with Crippen LogP contribution in [0.15, 0.2) is 0 Å². The molecule has 1 saturated carbocycles. The lowest BCUT2D eigenvalue weighted by atomic mass is 9.83. The van der Waals surface area contributed by atoms with Crippen molar-refractivity contribution >= 4 is 12.0 Å². The largest absolute Gasteiger partial charge is 0.479 e. The van der Waals surface area contributed by atoms with Gasteiger partial charge in [-0.3, -0.25) is 0 Å². The van der Waals surface area contributed by atoms with Gasteiger partial charge in [0.25, 0.3) is 0 Å². The first-order chi connectivity index (χ1) is 8.99. The standard InChI is InChI=1S/C13H24N2O4/c1-9-2-4-10(5-3-9)8-15-13(19)14-7-6-11(16)12(17)18/h9-11,16H,2-8H2,1H3,(H,17,18)(H2,14,15,19). The highest BCUT2D eigenvalue weighted by Gasteiger charge is 2.18. The number of carbonyl (C=O) groups excluding carboxylic acids is 1. The Morgan fingerprint density at radius 1 is 1.21 bits per heavy atom. The summed E-state index contributed by atoms with van der Waals surface area (Å²) in [5, 5.41) is 22.8. The molecule has 0 bridgehead atoms. The molecule has 2 amide bonds. The number of rotatable bonds is 6. The monoisotopic (exact) mass is 272 g/mol. The van der Waals surface area contributed by atoms with Crippen molar-refractivity contribution in [2.45, 2.75) is 45.1 Å². The van der Waals surface area contributed by atoms with E-state index in [1.165, 1.54) is 12.8 Å². The Morgan fingerprint density at radius 2 is 1.84 bits per heavy atom. The molecule has 0 aliphatic heterocycles. The van der Waals surface area contributed by atoms with Crippen LogP contribution < -0.4 is 10.6 Å². The predicted octanol–water partition coefficient (Wildman–Crippen LogP) is 0.947. The molecule has 6 heteroatoms. The van der Waals surface area contributed by atoms with Crippen molar-refractivity contribution in [3.05, 3.63) is 0 Å². The highest BCUT2D eigenvalue weighted by molar-refractivity contribution is 5.74. The average Bonchev–Trinajstić information content (AvgIpc) is 2.37. The molecule has 1 rings (SSSR count). The molecule has 1 aliphatic carbocycles. The van der Waals surface area contributed by atoms with Crippen LogP contribution in [0, 0.1) is 11.8 Å². The SMILES string of the molecule is CC1CCC(CNC(=O)NCCC(O)C(=O)O)CC1. The molecule has 0 spiro atoms. The first-order valence-electron chi connectivity index (χ1n) is 6.91. The first-order valence-corrected chi connectivity index (χ1v) is 6.91. The highest BCUT2D eigenvalue weighted by atomic mass is 16.4. The van der Waals surface area contributed by atoms with Crippen molar-refractivity contribution in [3.63, 3.8) is 0 Å². The zero-order valence-corrected chi connectivity index (χ0v) is 11.4. The van der Waals surface area contributed by atoms with Crippen LogP contribution in [-0.2, 0) is 4.79 Å². The van der Waals surface area contributed by atoms with Crippen LogP contribution in [0.3, 0.4) is 0 Å². The summed E-state index contributed by atoms with van der Waals surface area (Å²) in [5.41, 5.74) is 0. The second-order valence-corrected chi connectivity index (χ2v) is 5.41. The average molecular weight is 272 g/mol. The molecule has 1 unspecified atom stereocenters. The number of carboxylic acid groups (broad SMARTS) is 1. The van der Waals surface area contributed by atoms with Gasteiger partial charge in [-0.15, -0.1) is 0 Å². The van der Waals surface area contributed by atoms with Gasteiger partial charge in [-0.05, 0) is 24.7 Å². The summed E-state index contributed by atoms with van der Waals surface area (Å²) in [6, 6.07) is -0.295. The van der Waals surface area contributed by atoms with E-state index in [2.05, 4.69) is 17.6 Å². The fraction of sp³-hybridized carbons (Fsp3) is 0.846. The van der Waals surface area contributed by atoms with E-state index in [0.717, 1.165) is 18.8 Å². The van der Waals surface area contributed by atoms with Gasteiger partial charge in [0.1, 0.15) is 0 Å². The zero-order chi connectivity index (χ0) is 14.3. The molecule has 0 radical (unpaired) electrons. The minimum absolute atomic E-state index is 0.0176. The van der Waals surface area contributed by atoms with Crippen molar-refractivity contribution in [3.8, 4) is 0 Å². The molecule has 0 saturated heterocycles. The number of aliphatic hydroxyl groups is 1. The molecule has 6 nitrogen and oxygen atoms in total. The first kappa shape index (κ1) is 15.8. The maximum Gasteiger partial charge on any atom is 0.332 e. The molecule has 1 fully saturated rings. The van der Waals surface area contributed by atoms with Crippen molar-refractivity contribution < 1.29 is 19.8 Å². The van der Waals surface area contributed by atoms with E-state index >= 15 is 0 Å². The fourth-order valence-corrected chi connectivity index (χ4v) is 2.28. The minimum Gasteiger partial charge on any atom is -0.479 e. The molecule has 4 N–H and O–H groups in total. The van der Waals surface area contributed by atoms with E-state index in [4.69, 9.17) is 10.2 Å². The zero-order valence-electron chi connectivity index (χ0n) is 11.4. The lowest BCUT2D eigenvalue weighted by Gasteiger charge is -2.26. The summed E-state index contributed by atoms with van der Waals surface area (Å²) in [7, 11) is 0. The third-order valence-electron chi connectivity index (χ3n) is 3.68. The van der Waals surface area contributed by atoms with Crippen LogP contribution in [0.25, 0.3) is 0 Å². The topological polar surface area (TPSA) is 98.7 Å². The molecule has 0 heterocycles. The Bertz CT molecular complexity index is 301. The van der Waals surface area contributed by atoms with Crippen molar-refractivity contribution in [1.29, 1.82) is 0 Å². The summed E-state index contributed by atoms with van der Waals surface area (Å²) in [4.78, 5) is 21.8. The van der Waals surface area contributed by atoms with Crippen LogP contribution in [0.1, 0.15) is 39.0 Å². The molecular weight excluding hydrogens is 248 g/mol. The number of amides is 2. The molecule has 0 aromatic rings. The maximum absolute atomic E-state index is 11.5. The third kappa shape index (κ3) is 6.42. The number of aliphatic hydroxyl groups excluding tert-OH is 1. The molecule has 1 atom stereocenters. The lowest BCUT2D eigenvalue weighted by molar-refractivity contribution is -0.146. The molecule has 110 valence electrons. The minimum atomic E-state index is -1.42. The normalized spacial score (nSPS) is 24.5. The van der Waals surface area contributed by atoms with Crippen LogP contribution in [-0.4, -0.2) is 41.4 Å².